The van der Waals surface area contributed by atoms with Crippen molar-refractivity contribution < 1.29 is 4.79 Å². The van der Waals surface area contributed by atoms with E-state index in [0.717, 1.165) is 28.7 Å². The molecule has 1 amide bonds. The van der Waals surface area contributed by atoms with Gasteiger partial charge in [0.1, 0.15) is 0 Å². The van der Waals surface area contributed by atoms with E-state index < -0.39 is 5.54 Å². The number of carbonyl (C=O) groups is 1. The number of carbonyl (C=O) groups excluding carboxylic acids is 1. The minimum atomic E-state index is -0.510. The number of aryl methyl sites for hydroxylation is 1. The average molecular weight is 325 g/mol. The molecule has 0 radical (unpaired) electrons. The summed E-state index contributed by atoms with van der Waals surface area (Å²) in [5.41, 5.74) is 1.62. The van der Waals surface area contributed by atoms with Gasteiger partial charge in [-0.3, -0.25) is 4.79 Å². The molecule has 19 heavy (non-hydrogen) atoms. The van der Waals surface area contributed by atoms with Gasteiger partial charge in [0.2, 0.25) is 5.91 Å². The maximum absolute atomic E-state index is 12.8. The number of hydrogen-bond donors (Lipinski definition) is 1. The predicted octanol–water partition coefficient (Wildman–Crippen LogP) is 3.25. The van der Waals surface area contributed by atoms with E-state index in [2.05, 4.69) is 34.2 Å². The molecule has 1 aromatic carbocycles. The Bertz CT molecular complexity index is 499. The molecule has 1 N–H and O–H groups in total. The van der Waals surface area contributed by atoms with E-state index in [9.17, 15) is 4.79 Å². The Labute approximate surface area is 123 Å². The summed E-state index contributed by atoms with van der Waals surface area (Å²) < 4.78 is 1.04. The summed E-state index contributed by atoms with van der Waals surface area (Å²) in [6, 6.07) is 6.28. The van der Waals surface area contributed by atoms with Crippen molar-refractivity contribution in [3.8, 4) is 0 Å². The first-order chi connectivity index (χ1) is 8.83. The lowest BCUT2D eigenvalue weighted by atomic mass is 10.0. The number of rotatable bonds is 1. The van der Waals surface area contributed by atoms with Crippen molar-refractivity contribution in [2.24, 2.45) is 0 Å². The minimum absolute atomic E-state index is 0.142. The fourth-order valence-corrected chi connectivity index (χ4v) is 3.01. The molecular weight excluding hydrogens is 304 g/mol. The molecule has 0 aromatic heterocycles. The Morgan fingerprint density at radius 1 is 1.42 bits per heavy atom. The molecule has 4 heteroatoms. The lowest BCUT2D eigenvalue weighted by Gasteiger charge is -2.33. The van der Waals surface area contributed by atoms with E-state index >= 15 is 0 Å². The third-order valence-corrected chi connectivity index (χ3v) is 4.23. The lowest BCUT2D eigenvalue weighted by Crippen LogP contribution is -2.53. The van der Waals surface area contributed by atoms with Gasteiger partial charge in [0.25, 0.3) is 0 Å². The Kier molecular flexibility index (Phi) is 4.02. The van der Waals surface area contributed by atoms with Crippen LogP contribution in [0.4, 0.5) is 5.69 Å². The minimum Gasteiger partial charge on any atom is -0.308 e. The molecule has 1 unspecified atom stereocenters. The number of nitrogens with zero attached hydrogens (tertiary/aromatic N) is 1. The molecule has 1 aliphatic rings. The van der Waals surface area contributed by atoms with Crippen LogP contribution in [0.5, 0.6) is 0 Å². The molecule has 0 saturated carbocycles. The van der Waals surface area contributed by atoms with Crippen LogP contribution < -0.4 is 10.2 Å². The van der Waals surface area contributed by atoms with E-state index in [-0.39, 0.29) is 11.9 Å². The van der Waals surface area contributed by atoms with Gasteiger partial charge in [-0.1, -0.05) is 15.9 Å². The molecule has 1 saturated heterocycles. The normalized spacial score (nSPS) is 23.3. The zero-order valence-corrected chi connectivity index (χ0v) is 13.5. The highest BCUT2D eigenvalue weighted by Crippen LogP contribution is 2.29. The van der Waals surface area contributed by atoms with E-state index in [1.54, 1.807) is 0 Å². The summed E-state index contributed by atoms with van der Waals surface area (Å²) in [4.78, 5) is 14.7. The summed E-state index contributed by atoms with van der Waals surface area (Å²) >= 11 is 3.47. The highest BCUT2D eigenvalue weighted by molar-refractivity contribution is 9.10. The largest absolute Gasteiger partial charge is 0.308 e. The topological polar surface area (TPSA) is 32.3 Å². The molecule has 1 fully saturated rings. The van der Waals surface area contributed by atoms with Crippen LogP contribution in [0.2, 0.25) is 0 Å². The third-order valence-electron chi connectivity index (χ3n) is 3.74. The molecular formula is C15H21BrN2O. The fraction of sp³-hybridized carbons (Fsp3) is 0.533. The van der Waals surface area contributed by atoms with Gasteiger partial charge < -0.3 is 10.2 Å². The van der Waals surface area contributed by atoms with Crippen molar-refractivity contribution >= 4 is 27.5 Å². The van der Waals surface area contributed by atoms with Crippen molar-refractivity contribution in [3.05, 3.63) is 28.2 Å². The highest BCUT2D eigenvalue weighted by Gasteiger charge is 2.37. The number of anilines is 1. The number of nitrogens with one attached hydrogen (secondary N) is 1. The van der Waals surface area contributed by atoms with Gasteiger partial charge in [-0.15, -0.1) is 0 Å². The van der Waals surface area contributed by atoms with Crippen LogP contribution in [0.1, 0.15) is 32.8 Å². The first-order valence-corrected chi connectivity index (χ1v) is 7.47. The number of halogens is 1. The van der Waals surface area contributed by atoms with E-state index in [1.807, 2.05) is 37.8 Å². The third kappa shape index (κ3) is 2.84. The molecule has 1 atom stereocenters. The van der Waals surface area contributed by atoms with Crippen LogP contribution in [0.25, 0.3) is 0 Å². The van der Waals surface area contributed by atoms with Crippen molar-refractivity contribution in [2.75, 3.05) is 11.4 Å². The molecule has 0 spiro atoms. The Morgan fingerprint density at radius 2 is 2.11 bits per heavy atom. The average Bonchev–Trinajstić information content (AvgIpc) is 2.40. The molecule has 1 heterocycles. The van der Waals surface area contributed by atoms with Gasteiger partial charge >= 0.3 is 0 Å². The second kappa shape index (κ2) is 5.25. The summed E-state index contributed by atoms with van der Waals surface area (Å²) in [6.07, 6.45) is 0.963. The smallest absolute Gasteiger partial charge is 0.246 e. The molecule has 0 aliphatic carbocycles. The predicted molar refractivity (Wildman–Crippen MR) is 82.5 cm³/mol. The van der Waals surface area contributed by atoms with E-state index in [0.29, 0.717) is 0 Å². The maximum Gasteiger partial charge on any atom is 0.246 e. The monoisotopic (exact) mass is 324 g/mol. The second-order valence-electron chi connectivity index (χ2n) is 5.80. The van der Waals surface area contributed by atoms with Gasteiger partial charge in [0.05, 0.1) is 5.54 Å². The molecule has 104 valence electrons. The van der Waals surface area contributed by atoms with Gasteiger partial charge in [-0.2, -0.15) is 0 Å². The quantitative estimate of drug-likeness (QED) is 0.860. The van der Waals surface area contributed by atoms with Crippen LogP contribution in [-0.4, -0.2) is 24.0 Å². The zero-order chi connectivity index (χ0) is 14.2. The lowest BCUT2D eigenvalue weighted by molar-refractivity contribution is -0.123. The summed E-state index contributed by atoms with van der Waals surface area (Å²) in [5, 5.41) is 3.33. The van der Waals surface area contributed by atoms with Gasteiger partial charge in [0, 0.05) is 16.2 Å². The Balaban J connectivity index is 2.47. The second-order valence-corrected chi connectivity index (χ2v) is 6.71. The van der Waals surface area contributed by atoms with E-state index in [4.69, 9.17) is 0 Å². The maximum atomic E-state index is 12.8. The van der Waals surface area contributed by atoms with Crippen LogP contribution in [0.3, 0.4) is 0 Å². The highest BCUT2D eigenvalue weighted by atomic mass is 79.9. The SMILES string of the molecule is Cc1cc(Br)ccc1N1C(=O)C(C)(C)NCCC1C. The van der Waals surface area contributed by atoms with E-state index in [1.165, 1.54) is 0 Å². The number of hydrogen-bond acceptors (Lipinski definition) is 2. The molecule has 1 aliphatic heterocycles. The van der Waals surface area contributed by atoms with Crippen LogP contribution in [0.15, 0.2) is 22.7 Å². The molecule has 3 nitrogen and oxygen atoms in total. The van der Waals surface area contributed by atoms with Gasteiger partial charge in [0.15, 0.2) is 0 Å². The van der Waals surface area contributed by atoms with Crippen molar-refractivity contribution in [1.82, 2.24) is 5.32 Å². The van der Waals surface area contributed by atoms with Crippen LogP contribution >= 0.6 is 15.9 Å². The molecule has 2 rings (SSSR count). The fourth-order valence-electron chi connectivity index (χ4n) is 2.54. The first kappa shape index (κ1) is 14.5. The number of benzene rings is 1. The Hall–Kier alpha value is -0.870. The van der Waals surface area contributed by atoms with Crippen molar-refractivity contribution in [3.63, 3.8) is 0 Å². The summed E-state index contributed by atoms with van der Waals surface area (Å²) in [6.45, 7) is 8.93. The summed E-state index contributed by atoms with van der Waals surface area (Å²) in [7, 11) is 0. The standard InChI is InChI=1S/C15H21BrN2O/c1-10-9-12(16)5-6-13(10)18-11(2)7-8-17-15(3,4)14(18)19/h5-6,9,11,17H,7-8H2,1-4H3. The zero-order valence-electron chi connectivity index (χ0n) is 12.0. The van der Waals surface area contributed by atoms with Crippen molar-refractivity contribution in [2.45, 2.75) is 45.7 Å². The van der Waals surface area contributed by atoms with Crippen LogP contribution in [-0.2, 0) is 4.79 Å². The molecule has 1 aromatic rings. The van der Waals surface area contributed by atoms with Crippen molar-refractivity contribution in [1.29, 1.82) is 0 Å². The first-order valence-electron chi connectivity index (χ1n) is 6.68. The van der Waals surface area contributed by atoms with Crippen LogP contribution in [0, 0.1) is 6.92 Å². The molecule has 0 bridgehead atoms. The summed E-state index contributed by atoms with van der Waals surface area (Å²) in [5.74, 6) is 0.142. The van der Waals surface area contributed by atoms with Gasteiger partial charge in [-0.25, -0.2) is 0 Å². The number of amides is 1. The van der Waals surface area contributed by atoms with Gasteiger partial charge in [-0.05, 0) is 64.4 Å². The Morgan fingerprint density at radius 3 is 2.74 bits per heavy atom.